The lowest BCUT2D eigenvalue weighted by atomic mass is 9.91. The van der Waals surface area contributed by atoms with Crippen molar-refractivity contribution in [3.8, 4) is 11.1 Å². The van der Waals surface area contributed by atoms with Crippen LogP contribution in [-0.2, 0) is 14.3 Å². The van der Waals surface area contributed by atoms with Gasteiger partial charge in [0.05, 0.1) is 0 Å². The lowest BCUT2D eigenvalue weighted by Crippen LogP contribution is -2.60. The molecule has 0 bridgehead atoms. The third-order valence-corrected chi connectivity index (χ3v) is 6.04. The highest BCUT2D eigenvalue weighted by Gasteiger charge is 2.39. The predicted octanol–water partition coefficient (Wildman–Crippen LogP) is 3.67. The molecular formula is C24H28N2O5. The van der Waals surface area contributed by atoms with E-state index < -0.39 is 29.6 Å². The van der Waals surface area contributed by atoms with Crippen molar-refractivity contribution in [2.45, 2.75) is 51.1 Å². The van der Waals surface area contributed by atoms with Gasteiger partial charge in [0.15, 0.2) is 0 Å². The van der Waals surface area contributed by atoms with Crippen molar-refractivity contribution in [2.75, 3.05) is 6.61 Å². The lowest BCUT2D eigenvalue weighted by molar-refractivity contribution is -0.142. The van der Waals surface area contributed by atoms with Gasteiger partial charge in [0.1, 0.15) is 18.2 Å². The molecule has 164 valence electrons. The number of carbonyl (C=O) groups excluding carboxylic acids is 2. The zero-order valence-corrected chi connectivity index (χ0v) is 18.0. The van der Waals surface area contributed by atoms with Crippen LogP contribution in [0.1, 0.15) is 50.7 Å². The van der Waals surface area contributed by atoms with Crippen LogP contribution in [-0.4, -0.2) is 41.3 Å². The zero-order valence-electron chi connectivity index (χ0n) is 18.0. The van der Waals surface area contributed by atoms with E-state index in [4.69, 9.17) is 9.84 Å². The molecule has 2 amide bonds. The highest BCUT2D eigenvalue weighted by Crippen LogP contribution is 2.44. The third kappa shape index (κ3) is 4.40. The molecular weight excluding hydrogens is 396 g/mol. The van der Waals surface area contributed by atoms with Gasteiger partial charge in [-0.25, -0.2) is 4.79 Å². The molecule has 0 saturated heterocycles. The van der Waals surface area contributed by atoms with Crippen molar-refractivity contribution in [1.82, 2.24) is 10.6 Å². The van der Waals surface area contributed by atoms with Crippen molar-refractivity contribution in [2.24, 2.45) is 0 Å². The van der Waals surface area contributed by atoms with Gasteiger partial charge >= 0.3 is 12.1 Å². The number of aliphatic carboxylic acids is 1. The van der Waals surface area contributed by atoms with Crippen LogP contribution in [0.15, 0.2) is 48.5 Å². The Kier molecular flexibility index (Phi) is 6.63. The molecule has 0 saturated carbocycles. The second-order valence-electron chi connectivity index (χ2n) is 7.77. The van der Waals surface area contributed by atoms with Crippen molar-refractivity contribution < 1.29 is 24.2 Å². The summed E-state index contributed by atoms with van der Waals surface area (Å²) in [4.78, 5) is 36.5. The molecule has 2 aromatic carbocycles. The summed E-state index contributed by atoms with van der Waals surface area (Å²) in [7, 11) is 0. The van der Waals surface area contributed by atoms with E-state index in [9.17, 15) is 14.4 Å². The molecule has 1 aliphatic rings. The number of carbonyl (C=O) groups is 3. The number of benzene rings is 2. The molecule has 7 nitrogen and oxygen atoms in total. The Morgan fingerprint density at radius 1 is 1.00 bits per heavy atom. The van der Waals surface area contributed by atoms with Gasteiger partial charge in [0.25, 0.3) is 0 Å². The Morgan fingerprint density at radius 2 is 1.52 bits per heavy atom. The normalized spacial score (nSPS) is 13.6. The molecule has 0 spiro atoms. The first kappa shape index (κ1) is 22.3. The maximum atomic E-state index is 12.7. The fourth-order valence-corrected chi connectivity index (χ4v) is 4.03. The minimum Gasteiger partial charge on any atom is -0.480 e. The van der Waals surface area contributed by atoms with Crippen LogP contribution >= 0.6 is 0 Å². The third-order valence-electron chi connectivity index (χ3n) is 6.04. The van der Waals surface area contributed by atoms with Crippen LogP contribution in [0.5, 0.6) is 0 Å². The van der Waals surface area contributed by atoms with E-state index in [2.05, 4.69) is 22.8 Å². The fourth-order valence-electron chi connectivity index (χ4n) is 4.03. The van der Waals surface area contributed by atoms with Crippen LogP contribution in [0.3, 0.4) is 0 Å². The molecule has 3 rings (SSSR count). The van der Waals surface area contributed by atoms with E-state index in [1.807, 2.05) is 36.4 Å². The quantitative estimate of drug-likeness (QED) is 0.600. The van der Waals surface area contributed by atoms with Gasteiger partial charge in [-0.05, 0) is 42.0 Å². The molecule has 0 heterocycles. The Balaban J connectivity index is 1.71. The second-order valence-corrected chi connectivity index (χ2v) is 7.77. The maximum Gasteiger partial charge on any atom is 0.408 e. The van der Waals surface area contributed by atoms with E-state index in [1.54, 1.807) is 13.8 Å². The molecule has 1 aliphatic carbocycles. The highest BCUT2D eigenvalue weighted by molar-refractivity contribution is 5.92. The highest BCUT2D eigenvalue weighted by atomic mass is 16.5. The summed E-state index contributed by atoms with van der Waals surface area (Å²) in [5.41, 5.74) is 3.21. The number of rotatable bonds is 8. The van der Waals surface area contributed by atoms with Crippen LogP contribution in [0, 0.1) is 0 Å². The van der Waals surface area contributed by atoms with Crippen LogP contribution in [0.2, 0.25) is 0 Å². The largest absolute Gasteiger partial charge is 0.480 e. The Hall–Kier alpha value is -3.35. The fraction of sp³-hybridized carbons (Fsp3) is 0.375. The van der Waals surface area contributed by atoms with Crippen LogP contribution in [0.25, 0.3) is 11.1 Å². The number of carboxylic acid groups (broad SMARTS) is 1. The van der Waals surface area contributed by atoms with Crippen molar-refractivity contribution >= 4 is 18.0 Å². The Bertz CT molecular complexity index is 938. The summed E-state index contributed by atoms with van der Waals surface area (Å²) < 4.78 is 5.56. The first-order valence-electron chi connectivity index (χ1n) is 10.5. The van der Waals surface area contributed by atoms with E-state index in [-0.39, 0.29) is 12.5 Å². The monoisotopic (exact) mass is 424 g/mol. The number of amides is 2. The minimum atomic E-state index is -1.24. The molecule has 0 aromatic heterocycles. The van der Waals surface area contributed by atoms with E-state index in [0.29, 0.717) is 12.8 Å². The number of hydrogen-bond donors (Lipinski definition) is 3. The van der Waals surface area contributed by atoms with E-state index in [0.717, 1.165) is 22.3 Å². The summed E-state index contributed by atoms with van der Waals surface area (Å²) in [6.07, 6.45) is -0.110. The summed E-state index contributed by atoms with van der Waals surface area (Å²) in [6, 6.07) is 15.0. The lowest BCUT2D eigenvalue weighted by Gasteiger charge is -2.31. The van der Waals surface area contributed by atoms with Crippen molar-refractivity contribution in [3.63, 3.8) is 0 Å². The van der Waals surface area contributed by atoms with Crippen LogP contribution in [0.4, 0.5) is 4.79 Å². The molecule has 0 aliphatic heterocycles. The Labute approximate surface area is 181 Å². The van der Waals surface area contributed by atoms with Gasteiger partial charge in [0, 0.05) is 5.92 Å². The number of hydrogen-bond acceptors (Lipinski definition) is 4. The molecule has 0 unspecified atom stereocenters. The van der Waals surface area contributed by atoms with Crippen LogP contribution < -0.4 is 10.6 Å². The van der Waals surface area contributed by atoms with E-state index in [1.165, 1.54) is 6.92 Å². The average molecular weight is 424 g/mol. The van der Waals surface area contributed by atoms with Gasteiger partial charge in [-0.15, -0.1) is 0 Å². The molecule has 3 N–H and O–H groups in total. The molecule has 0 fully saturated rings. The first-order chi connectivity index (χ1) is 14.8. The van der Waals surface area contributed by atoms with E-state index >= 15 is 0 Å². The SMILES string of the molecule is CCC(CC)(NC(=O)OCC1c2ccccc2-c2ccccc21)C(=O)N[C@H](C)C(=O)O. The molecule has 7 heteroatoms. The second kappa shape index (κ2) is 9.20. The van der Waals surface area contributed by atoms with Crippen molar-refractivity contribution in [1.29, 1.82) is 0 Å². The van der Waals surface area contributed by atoms with Gasteiger partial charge in [-0.1, -0.05) is 62.4 Å². The number of ether oxygens (including phenoxy) is 1. The standard InChI is InChI=1S/C24H28N2O5/c1-4-24(5-2,22(29)25-15(3)21(27)28)26-23(30)31-14-20-18-12-8-6-10-16(18)17-11-7-9-13-19(17)20/h6-13,15,20H,4-5,14H2,1-3H3,(H,25,29)(H,26,30)(H,27,28)/t15-/m1/s1. The molecule has 0 radical (unpaired) electrons. The average Bonchev–Trinajstić information content (AvgIpc) is 3.09. The summed E-state index contributed by atoms with van der Waals surface area (Å²) in [5.74, 6) is -1.77. The van der Waals surface area contributed by atoms with Gasteiger partial charge in [0.2, 0.25) is 5.91 Å². The Morgan fingerprint density at radius 3 is 2.00 bits per heavy atom. The van der Waals surface area contributed by atoms with Gasteiger partial charge in [-0.2, -0.15) is 0 Å². The maximum absolute atomic E-state index is 12.7. The van der Waals surface area contributed by atoms with Gasteiger partial charge in [-0.3, -0.25) is 9.59 Å². The number of nitrogens with one attached hydrogen (secondary N) is 2. The number of fused-ring (bicyclic) bond motifs is 3. The summed E-state index contributed by atoms with van der Waals surface area (Å²) in [6.45, 7) is 5.04. The topological polar surface area (TPSA) is 105 Å². The first-order valence-corrected chi connectivity index (χ1v) is 10.5. The summed E-state index contributed by atoms with van der Waals surface area (Å²) >= 11 is 0. The van der Waals surface area contributed by atoms with Crippen molar-refractivity contribution in [3.05, 3.63) is 59.7 Å². The van der Waals surface area contributed by atoms with Gasteiger partial charge < -0.3 is 20.5 Å². The minimum absolute atomic E-state index is 0.0864. The number of carboxylic acids is 1. The molecule has 31 heavy (non-hydrogen) atoms. The molecule has 2 aromatic rings. The zero-order chi connectivity index (χ0) is 22.6. The molecule has 1 atom stereocenters. The predicted molar refractivity (Wildman–Crippen MR) is 117 cm³/mol. The summed E-state index contributed by atoms with van der Waals surface area (Å²) in [5, 5.41) is 14.2. The number of alkyl carbamates (subject to hydrolysis) is 1. The smallest absolute Gasteiger partial charge is 0.408 e.